The Morgan fingerprint density at radius 3 is 2.57 bits per heavy atom. The molecule has 4 N–H and O–H groups in total. The van der Waals surface area contributed by atoms with Crippen molar-refractivity contribution in [2.75, 3.05) is 11.9 Å². The number of rotatable bonds is 6. The number of nitrogens with two attached hydrogens (primary N) is 1. The maximum absolute atomic E-state index is 10.2. The van der Waals surface area contributed by atoms with E-state index in [1.165, 1.54) is 0 Å². The number of aromatic hydroxyl groups is 1. The number of nitrogens with one attached hydrogen (secondary N) is 1. The predicted octanol–water partition coefficient (Wildman–Crippen LogP) is 3.66. The van der Waals surface area contributed by atoms with Crippen LogP contribution >= 0.6 is 37.2 Å². The molecule has 0 amide bonds. The van der Waals surface area contributed by atoms with Crippen LogP contribution in [0.5, 0.6) is 5.75 Å². The minimum atomic E-state index is 0. The third-order valence-electron chi connectivity index (χ3n) is 4.00. The average Bonchev–Trinajstić information content (AvgIpc) is 3.06. The Kier molecular flexibility index (Phi) is 10.8. The van der Waals surface area contributed by atoms with Crippen molar-refractivity contribution in [3.05, 3.63) is 42.9 Å². The first-order valence-corrected chi connectivity index (χ1v) is 8.21. The Hall–Kier alpha value is -2.06. The van der Waals surface area contributed by atoms with Gasteiger partial charge < -0.3 is 16.2 Å². The van der Waals surface area contributed by atoms with Crippen molar-refractivity contribution < 1.29 is 5.11 Å². The summed E-state index contributed by atoms with van der Waals surface area (Å²) in [6.45, 7) is 2.67. The van der Waals surface area contributed by atoms with E-state index < -0.39 is 0 Å². The van der Waals surface area contributed by atoms with Gasteiger partial charge in [-0.1, -0.05) is 13.0 Å². The minimum absolute atomic E-state index is 0. The Morgan fingerprint density at radius 2 is 1.93 bits per heavy atom. The highest BCUT2D eigenvalue weighted by molar-refractivity contribution is 5.86. The fraction of sp³-hybridized carbons (Fsp3) is 0.278. The van der Waals surface area contributed by atoms with E-state index in [9.17, 15) is 5.11 Å². The molecule has 1 atom stereocenters. The molecule has 2 heterocycles. The number of hydrogen-bond acceptors (Lipinski definition) is 6. The average molecular weight is 448 g/mol. The maximum atomic E-state index is 10.2. The third-order valence-corrected chi connectivity index (χ3v) is 4.00. The molecule has 0 unspecified atom stereocenters. The largest absolute Gasteiger partial charge is 0.507 e. The van der Waals surface area contributed by atoms with Crippen molar-refractivity contribution >= 4 is 43.0 Å². The number of halogens is 3. The number of hydrogen-bond donors (Lipinski definition) is 3. The summed E-state index contributed by atoms with van der Waals surface area (Å²) in [5, 5.41) is 17.6. The van der Waals surface area contributed by atoms with Gasteiger partial charge in [0.2, 0.25) is 0 Å². The summed E-state index contributed by atoms with van der Waals surface area (Å²) >= 11 is 0. The molecule has 154 valence electrons. The van der Waals surface area contributed by atoms with E-state index in [2.05, 4.69) is 20.4 Å². The number of anilines is 1. The van der Waals surface area contributed by atoms with Gasteiger partial charge >= 0.3 is 0 Å². The lowest BCUT2D eigenvalue weighted by atomic mass is 10.0. The number of aromatic nitrogens is 4. The second kappa shape index (κ2) is 11.7. The Bertz CT molecular complexity index is 874. The zero-order valence-electron chi connectivity index (χ0n) is 15.6. The number of aryl methyl sites for hydroxylation is 1. The first kappa shape index (κ1) is 25.9. The van der Waals surface area contributed by atoms with Gasteiger partial charge in [-0.3, -0.25) is 4.68 Å². The van der Waals surface area contributed by atoms with E-state index in [0.29, 0.717) is 23.8 Å². The van der Waals surface area contributed by atoms with E-state index in [4.69, 9.17) is 5.73 Å². The van der Waals surface area contributed by atoms with Crippen LogP contribution in [0.15, 0.2) is 42.9 Å². The van der Waals surface area contributed by atoms with Gasteiger partial charge in [-0.25, -0.2) is 9.97 Å². The molecule has 0 aliphatic carbocycles. The van der Waals surface area contributed by atoms with Crippen molar-refractivity contribution in [3.8, 4) is 28.3 Å². The standard InChI is InChI=1S/C18H22N6O.3ClH/c1-3-14(19)10-21-17-6-7-20-18(23-17)15-8-12(4-5-16(15)25)13-9-22-24(2)11-13;;;/h4-9,11,14,25H,3,10,19H2,1-2H3,(H,20,21,23);3*1H/t14-;;;/m1.../s1. The van der Waals surface area contributed by atoms with Crippen LogP contribution in [0.4, 0.5) is 5.82 Å². The molecule has 2 aromatic heterocycles. The van der Waals surface area contributed by atoms with Gasteiger partial charge in [0.25, 0.3) is 0 Å². The third kappa shape index (κ3) is 6.24. The first-order valence-electron chi connectivity index (χ1n) is 8.21. The fourth-order valence-corrected chi connectivity index (χ4v) is 2.43. The summed E-state index contributed by atoms with van der Waals surface area (Å²) in [6, 6.07) is 7.21. The molecule has 0 radical (unpaired) electrons. The molecule has 0 aliphatic heterocycles. The lowest BCUT2D eigenvalue weighted by Crippen LogP contribution is -2.28. The van der Waals surface area contributed by atoms with E-state index in [1.807, 2.05) is 32.3 Å². The summed E-state index contributed by atoms with van der Waals surface area (Å²) in [5.41, 5.74) is 8.41. The fourth-order valence-electron chi connectivity index (χ4n) is 2.43. The maximum Gasteiger partial charge on any atom is 0.165 e. The molecule has 3 aromatic rings. The number of phenols is 1. The highest BCUT2D eigenvalue weighted by Crippen LogP contribution is 2.31. The van der Waals surface area contributed by atoms with Crippen LogP contribution in [0.25, 0.3) is 22.5 Å². The van der Waals surface area contributed by atoms with Crippen LogP contribution in [0, 0.1) is 0 Å². The molecular weight excluding hydrogens is 423 g/mol. The lowest BCUT2D eigenvalue weighted by molar-refractivity contribution is 0.477. The van der Waals surface area contributed by atoms with Crippen molar-refractivity contribution in [2.45, 2.75) is 19.4 Å². The smallest absolute Gasteiger partial charge is 0.165 e. The lowest BCUT2D eigenvalue weighted by Gasteiger charge is -2.12. The summed E-state index contributed by atoms with van der Waals surface area (Å²) in [6.07, 6.45) is 6.25. The highest BCUT2D eigenvalue weighted by atomic mass is 35.5. The van der Waals surface area contributed by atoms with Crippen LogP contribution in [-0.2, 0) is 7.05 Å². The van der Waals surface area contributed by atoms with Crippen LogP contribution in [0.2, 0.25) is 0 Å². The molecule has 10 heteroatoms. The van der Waals surface area contributed by atoms with E-state index in [-0.39, 0.29) is 49.0 Å². The molecule has 7 nitrogen and oxygen atoms in total. The molecule has 1 aromatic carbocycles. The monoisotopic (exact) mass is 446 g/mol. The van der Waals surface area contributed by atoms with Crippen molar-refractivity contribution in [1.29, 1.82) is 0 Å². The Balaban J connectivity index is 0.00000243. The molecular formula is C18H25Cl3N6O. The van der Waals surface area contributed by atoms with Gasteiger partial charge in [-0.05, 0) is 30.2 Å². The highest BCUT2D eigenvalue weighted by Gasteiger charge is 2.11. The van der Waals surface area contributed by atoms with E-state index >= 15 is 0 Å². The van der Waals surface area contributed by atoms with E-state index in [1.54, 1.807) is 29.2 Å². The molecule has 0 spiro atoms. The Morgan fingerprint density at radius 1 is 1.18 bits per heavy atom. The second-order valence-electron chi connectivity index (χ2n) is 5.95. The first-order chi connectivity index (χ1) is 12.1. The Labute approximate surface area is 183 Å². The van der Waals surface area contributed by atoms with Crippen molar-refractivity contribution in [2.24, 2.45) is 12.8 Å². The second-order valence-corrected chi connectivity index (χ2v) is 5.95. The zero-order valence-corrected chi connectivity index (χ0v) is 18.0. The number of nitrogens with zero attached hydrogens (tertiary/aromatic N) is 4. The molecule has 0 aliphatic rings. The van der Waals surface area contributed by atoms with Crippen molar-refractivity contribution in [1.82, 2.24) is 19.7 Å². The molecule has 0 saturated heterocycles. The van der Waals surface area contributed by atoms with Gasteiger partial charge in [0.15, 0.2) is 5.82 Å². The summed E-state index contributed by atoms with van der Waals surface area (Å²) in [5.74, 6) is 1.27. The van der Waals surface area contributed by atoms with E-state index in [0.717, 1.165) is 17.5 Å². The molecule has 0 fully saturated rings. The molecule has 0 saturated carbocycles. The quantitative estimate of drug-likeness (QED) is 0.533. The van der Waals surface area contributed by atoms with Crippen LogP contribution < -0.4 is 11.1 Å². The van der Waals surface area contributed by atoms with Gasteiger partial charge in [0.05, 0.1) is 11.8 Å². The summed E-state index contributed by atoms with van der Waals surface area (Å²) in [4.78, 5) is 8.79. The zero-order chi connectivity index (χ0) is 17.8. The van der Waals surface area contributed by atoms with Gasteiger partial charge in [0, 0.05) is 37.6 Å². The summed E-state index contributed by atoms with van der Waals surface area (Å²) in [7, 11) is 1.87. The van der Waals surface area contributed by atoms with Crippen molar-refractivity contribution in [3.63, 3.8) is 0 Å². The van der Waals surface area contributed by atoms with Gasteiger partial charge in [-0.15, -0.1) is 37.2 Å². The molecule has 0 bridgehead atoms. The normalized spacial score (nSPS) is 10.8. The van der Waals surface area contributed by atoms with Crippen LogP contribution in [-0.4, -0.2) is 37.4 Å². The molecule has 3 rings (SSSR count). The van der Waals surface area contributed by atoms with Crippen LogP contribution in [0.3, 0.4) is 0 Å². The number of phenolic OH excluding ortho intramolecular Hbond substituents is 1. The van der Waals surface area contributed by atoms with Gasteiger partial charge in [0.1, 0.15) is 11.6 Å². The minimum Gasteiger partial charge on any atom is -0.507 e. The van der Waals surface area contributed by atoms with Crippen LogP contribution in [0.1, 0.15) is 13.3 Å². The van der Waals surface area contributed by atoms with Gasteiger partial charge in [-0.2, -0.15) is 5.10 Å². The summed E-state index contributed by atoms with van der Waals surface area (Å²) < 4.78 is 1.74. The topological polar surface area (TPSA) is 102 Å². The SMILES string of the molecule is CC[C@@H](N)CNc1ccnc(-c2cc(-c3cnn(C)c3)ccc2O)n1.Cl.Cl.Cl. The number of benzene rings is 1. The molecule has 28 heavy (non-hydrogen) atoms. The predicted molar refractivity (Wildman–Crippen MR) is 120 cm³/mol.